The number of cyclic esters (lactones) is 1. The number of hydrogen-bond acceptors (Lipinski definition) is 9. The average molecular weight is 566 g/mol. The molecule has 5 rings (SSSR count). The zero-order valence-electron chi connectivity index (χ0n) is 24.3. The van der Waals surface area contributed by atoms with Gasteiger partial charge in [0, 0.05) is 42.0 Å². The van der Waals surface area contributed by atoms with Gasteiger partial charge in [-0.05, 0) is 76.3 Å². The van der Waals surface area contributed by atoms with E-state index < -0.39 is 21.7 Å². The Labute approximate surface area is 239 Å². The number of aromatic nitrogens is 2. The van der Waals surface area contributed by atoms with Gasteiger partial charge in [0.05, 0.1) is 17.3 Å². The number of hydrogen-bond donors (Lipinski definition) is 3. The van der Waals surface area contributed by atoms with E-state index in [1.807, 2.05) is 59.9 Å². The van der Waals surface area contributed by atoms with Crippen molar-refractivity contribution in [3.8, 4) is 5.75 Å². The van der Waals surface area contributed by atoms with E-state index in [9.17, 15) is 9.35 Å². The number of ether oxygens (including phenoxy) is 2. The number of carbonyl (C=O) groups excluding carboxylic acids is 1. The van der Waals surface area contributed by atoms with Gasteiger partial charge in [0.25, 0.3) is 0 Å². The molecule has 1 fully saturated rings. The van der Waals surface area contributed by atoms with E-state index in [2.05, 4.69) is 28.3 Å². The highest BCUT2D eigenvalue weighted by Crippen LogP contribution is 2.39. The van der Waals surface area contributed by atoms with Crippen LogP contribution in [0, 0.1) is 0 Å². The number of rotatable bonds is 8. The molecule has 3 N–H and O–H groups in total. The molecular weight excluding hydrogens is 526 g/mol. The van der Waals surface area contributed by atoms with Crippen LogP contribution in [0.4, 0.5) is 11.6 Å². The molecule has 10 heteroatoms. The molecule has 9 nitrogen and oxygen atoms in total. The maximum absolute atomic E-state index is 13.0. The summed E-state index contributed by atoms with van der Waals surface area (Å²) < 4.78 is 27.9. The number of carbonyl (C=O) groups is 1. The smallest absolute Gasteiger partial charge is 0.340 e. The third-order valence-electron chi connectivity index (χ3n) is 7.73. The number of nitrogens with zero attached hydrogens (tertiary/aromatic N) is 2. The minimum atomic E-state index is -1.24. The summed E-state index contributed by atoms with van der Waals surface area (Å²) in [7, 11) is 0. The molecule has 1 saturated heterocycles. The van der Waals surface area contributed by atoms with Gasteiger partial charge in [0.2, 0.25) is 0 Å². The van der Waals surface area contributed by atoms with Crippen molar-refractivity contribution in [2.24, 2.45) is 0 Å². The van der Waals surface area contributed by atoms with Crippen LogP contribution in [0.5, 0.6) is 5.75 Å². The van der Waals surface area contributed by atoms with Crippen molar-refractivity contribution >= 4 is 39.7 Å². The summed E-state index contributed by atoms with van der Waals surface area (Å²) in [5.41, 5.74) is 1.57. The number of benzene rings is 1. The number of fused-ring (bicyclic) bond motifs is 2. The highest BCUT2D eigenvalue weighted by Gasteiger charge is 2.40. The molecule has 40 heavy (non-hydrogen) atoms. The molecule has 1 unspecified atom stereocenters. The molecule has 0 amide bonds. The maximum atomic E-state index is 13.0. The number of anilines is 2. The minimum Gasteiger partial charge on any atom is -0.598 e. The summed E-state index contributed by atoms with van der Waals surface area (Å²) in [5, 5.41) is 8.44. The van der Waals surface area contributed by atoms with Crippen molar-refractivity contribution in [1.82, 2.24) is 20.0 Å². The Morgan fingerprint density at radius 3 is 2.60 bits per heavy atom. The van der Waals surface area contributed by atoms with Crippen molar-refractivity contribution in [2.45, 2.75) is 83.3 Å². The van der Waals surface area contributed by atoms with Crippen LogP contribution in [0.15, 0.2) is 36.5 Å². The molecule has 0 spiro atoms. The van der Waals surface area contributed by atoms with Crippen LogP contribution in [0.25, 0.3) is 10.8 Å². The first-order chi connectivity index (χ1) is 18.9. The van der Waals surface area contributed by atoms with Crippen LogP contribution >= 0.6 is 0 Å². The van der Waals surface area contributed by atoms with Crippen LogP contribution in [0.1, 0.15) is 88.5 Å². The van der Waals surface area contributed by atoms with Crippen LogP contribution in [0.2, 0.25) is 0 Å². The molecule has 0 radical (unpaired) electrons. The summed E-state index contributed by atoms with van der Waals surface area (Å²) in [6, 6.07) is 9.42. The van der Waals surface area contributed by atoms with Gasteiger partial charge in [-0.15, -0.1) is 4.72 Å². The zero-order valence-corrected chi connectivity index (χ0v) is 25.1. The van der Waals surface area contributed by atoms with Crippen LogP contribution in [-0.2, 0) is 16.1 Å². The molecule has 0 aliphatic carbocycles. The van der Waals surface area contributed by atoms with E-state index in [1.165, 1.54) is 0 Å². The monoisotopic (exact) mass is 565 g/mol. The Kier molecular flexibility index (Phi) is 7.73. The Morgan fingerprint density at radius 1 is 1.20 bits per heavy atom. The molecule has 3 aromatic rings. The van der Waals surface area contributed by atoms with Gasteiger partial charge in [-0.1, -0.05) is 19.9 Å². The van der Waals surface area contributed by atoms with E-state index in [0.717, 1.165) is 41.6 Å². The summed E-state index contributed by atoms with van der Waals surface area (Å²) in [6.07, 6.45) is 2.69. The normalized spacial score (nSPS) is 20.3. The van der Waals surface area contributed by atoms with Crippen LogP contribution < -0.4 is 20.1 Å². The maximum Gasteiger partial charge on any atom is 0.340 e. The van der Waals surface area contributed by atoms with Gasteiger partial charge in [0.15, 0.2) is 0 Å². The first-order valence-corrected chi connectivity index (χ1v) is 15.0. The van der Waals surface area contributed by atoms with Gasteiger partial charge in [-0.2, -0.15) is 0 Å². The second-order valence-electron chi connectivity index (χ2n) is 12.1. The topological polar surface area (TPSA) is 120 Å². The lowest BCUT2D eigenvalue weighted by atomic mass is 9.84. The largest absolute Gasteiger partial charge is 0.598 e. The standard InChI is InChI=1S/C30H39N5O4S/c1-8-23(35-40(37)29(3,4)5)19-9-11-24(38-18-14-31-15-18)22-16-32-26(13-21(19)22)33-25-12-10-20-27(34-25)17(2)30(6,7)39-28(20)36/h9-13,16-18,23,31,35H,8,14-15H2,1-7H3,(H,32,33,34)/t17?,23-,40+/m1/s1. The van der Waals surface area contributed by atoms with E-state index in [1.54, 1.807) is 12.1 Å². The summed E-state index contributed by atoms with van der Waals surface area (Å²) in [4.78, 5) is 22.0. The van der Waals surface area contributed by atoms with Crippen molar-refractivity contribution in [3.05, 3.63) is 53.3 Å². The average Bonchev–Trinajstić information content (AvgIpc) is 2.87. The fraction of sp³-hybridized carbons (Fsp3) is 0.500. The fourth-order valence-electron chi connectivity index (χ4n) is 4.80. The quantitative estimate of drug-likeness (QED) is 0.247. The highest BCUT2D eigenvalue weighted by atomic mass is 32.2. The Balaban J connectivity index is 1.52. The lowest BCUT2D eigenvalue weighted by Gasteiger charge is -2.36. The Bertz CT molecular complexity index is 1420. The zero-order chi connectivity index (χ0) is 28.8. The molecule has 3 atom stereocenters. The highest BCUT2D eigenvalue weighted by molar-refractivity contribution is 7.90. The SMILES string of the molecule is CC[C@@H](N[S@@+]([O-])C(C)(C)C)c1ccc(OC2CNC2)c2cnc(Nc3ccc4c(n3)C(C)C(C)(C)OC4=O)cc12. The second-order valence-corrected chi connectivity index (χ2v) is 14.1. The summed E-state index contributed by atoms with van der Waals surface area (Å²) in [5.74, 6) is 1.55. The minimum absolute atomic E-state index is 0.0705. The molecule has 2 aromatic heterocycles. The van der Waals surface area contributed by atoms with Crippen molar-refractivity contribution in [2.75, 3.05) is 18.4 Å². The van der Waals surface area contributed by atoms with E-state index in [4.69, 9.17) is 19.4 Å². The van der Waals surface area contributed by atoms with Gasteiger partial charge in [-0.3, -0.25) is 0 Å². The summed E-state index contributed by atoms with van der Waals surface area (Å²) >= 11 is -1.24. The van der Waals surface area contributed by atoms with Crippen molar-refractivity contribution in [1.29, 1.82) is 0 Å². The predicted octanol–water partition coefficient (Wildman–Crippen LogP) is 5.28. The molecule has 214 valence electrons. The predicted molar refractivity (Wildman–Crippen MR) is 159 cm³/mol. The number of esters is 1. The first kappa shape index (κ1) is 28.6. The van der Waals surface area contributed by atoms with E-state index in [-0.39, 0.29) is 24.0 Å². The molecular formula is C30H39N5O4S. The summed E-state index contributed by atoms with van der Waals surface area (Å²) in [6.45, 7) is 15.4. The molecule has 2 aliphatic rings. The Morgan fingerprint density at radius 2 is 1.95 bits per heavy atom. The van der Waals surface area contributed by atoms with Crippen molar-refractivity contribution < 1.29 is 18.8 Å². The van der Waals surface area contributed by atoms with Gasteiger partial charge in [0.1, 0.15) is 33.8 Å². The van der Waals surface area contributed by atoms with Gasteiger partial charge in [-0.25, -0.2) is 14.8 Å². The van der Waals surface area contributed by atoms with E-state index >= 15 is 0 Å². The molecule has 0 saturated carbocycles. The lowest BCUT2D eigenvalue weighted by Crippen LogP contribution is -2.50. The second kappa shape index (κ2) is 10.8. The molecule has 2 aliphatic heterocycles. The van der Waals surface area contributed by atoms with Gasteiger partial charge < -0.3 is 24.7 Å². The molecule has 0 bridgehead atoms. The number of nitrogens with one attached hydrogen (secondary N) is 3. The van der Waals surface area contributed by atoms with Crippen molar-refractivity contribution in [3.63, 3.8) is 0 Å². The van der Waals surface area contributed by atoms with Crippen LogP contribution in [0.3, 0.4) is 0 Å². The fourth-order valence-corrected chi connectivity index (χ4v) is 5.70. The number of pyridine rings is 2. The first-order valence-electron chi connectivity index (χ1n) is 13.9. The Hall–Kier alpha value is -2.92. The molecule has 4 heterocycles. The van der Waals surface area contributed by atoms with E-state index in [0.29, 0.717) is 22.9 Å². The lowest BCUT2D eigenvalue weighted by molar-refractivity contribution is -0.0189. The third-order valence-corrected chi connectivity index (χ3v) is 9.34. The van der Waals surface area contributed by atoms with Crippen LogP contribution in [-0.4, -0.2) is 50.0 Å². The molecule has 1 aromatic carbocycles. The van der Waals surface area contributed by atoms with Gasteiger partial charge >= 0.3 is 5.97 Å². The third kappa shape index (κ3) is 5.63.